The number of ether oxygens (including phenoxy) is 1. The Morgan fingerprint density at radius 1 is 1.75 bits per heavy atom. The van der Waals surface area contributed by atoms with E-state index in [-0.39, 0.29) is 17.4 Å². The number of aromatic carboxylic acids is 1. The molecular weight excluding hydrogens is 162 g/mol. The summed E-state index contributed by atoms with van der Waals surface area (Å²) in [5.41, 5.74) is 5.00. The Kier molecular flexibility index (Phi) is 2.09. The molecule has 0 aromatic carbocycles. The van der Waals surface area contributed by atoms with E-state index in [0.29, 0.717) is 0 Å². The highest BCUT2D eigenvalue weighted by molar-refractivity contribution is 5.90. The van der Waals surface area contributed by atoms with E-state index in [2.05, 4.69) is 14.7 Å². The van der Waals surface area contributed by atoms with E-state index in [1.54, 1.807) is 0 Å². The molecule has 0 saturated carbocycles. The van der Waals surface area contributed by atoms with Gasteiger partial charge in [-0.15, -0.1) is 0 Å². The standard InChI is InChI=1S/C6H7N3O3/c1-12-3-2-8-4(6(10)11)5(7)9-3/h2H,1H3,(H2,7,9)(H,10,11). The summed E-state index contributed by atoms with van der Waals surface area (Å²) >= 11 is 0. The van der Waals surface area contributed by atoms with Crippen LogP contribution in [-0.4, -0.2) is 28.2 Å². The van der Waals surface area contributed by atoms with Gasteiger partial charge >= 0.3 is 5.97 Å². The molecule has 12 heavy (non-hydrogen) atoms. The number of methoxy groups -OCH3 is 1. The fourth-order valence-electron chi connectivity index (χ4n) is 0.650. The lowest BCUT2D eigenvalue weighted by Crippen LogP contribution is -2.07. The number of rotatable bonds is 2. The van der Waals surface area contributed by atoms with Crippen molar-refractivity contribution in [2.75, 3.05) is 12.8 Å². The van der Waals surface area contributed by atoms with Crippen LogP contribution < -0.4 is 10.5 Å². The van der Waals surface area contributed by atoms with Crippen molar-refractivity contribution in [1.29, 1.82) is 0 Å². The summed E-state index contributed by atoms with van der Waals surface area (Å²) in [5.74, 6) is -1.16. The van der Waals surface area contributed by atoms with Gasteiger partial charge in [-0.05, 0) is 0 Å². The van der Waals surface area contributed by atoms with Crippen molar-refractivity contribution in [2.45, 2.75) is 0 Å². The lowest BCUT2D eigenvalue weighted by molar-refractivity contribution is 0.0691. The van der Waals surface area contributed by atoms with Gasteiger partial charge < -0.3 is 15.6 Å². The zero-order valence-electron chi connectivity index (χ0n) is 6.31. The van der Waals surface area contributed by atoms with Crippen LogP contribution in [0.15, 0.2) is 6.20 Å². The topological polar surface area (TPSA) is 98.3 Å². The molecule has 1 heterocycles. The van der Waals surface area contributed by atoms with Crippen molar-refractivity contribution in [3.8, 4) is 5.88 Å². The lowest BCUT2D eigenvalue weighted by atomic mass is 10.4. The van der Waals surface area contributed by atoms with Crippen LogP contribution in [0, 0.1) is 0 Å². The van der Waals surface area contributed by atoms with E-state index in [4.69, 9.17) is 10.8 Å². The van der Waals surface area contributed by atoms with Crippen LogP contribution >= 0.6 is 0 Å². The maximum Gasteiger partial charge on any atom is 0.358 e. The van der Waals surface area contributed by atoms with Gasteiger partial charge in [0.05, 0.1) is 13.3 Å². The summed E-state index contributed by atoms with van der Waals surface area (Å²) in [7, 11) is 1.39. The molecule has 64 valence electrons. The molecule has 1 aromatic rings. The third kappa shape index (κ3) is 1.42. The van der Waals surface area contributed by atoms with Gasteiger partial charge in [0, 0.05) is 0 Å². The number of hydrogen-bond acceptors (Lipinski definition) is 5. The van der Waals surface area contributed by atoms with Gasteiger partial charge in [-0.2, -0.15) is 4.98 Å². The number of nitrogens with two attached hydrogens (primary N) is 1. The minimum Gasteiger partial charge on any atom is -0.480 e. The first kappa shape index (κ1) is 8.25. The van der Waals surface area contributed by atoms with Crippen molar-refractivity contribution in [1.82, 2.24) is 9.97 Å². The Morgan fingerprint density at radius 3 is 2.83 bits per heavy atom. The van der Waals surface area contributed by atoms with Gasteiger partial charge in [-0.1, -0.05) is 0 Å². The van der Waals surface area contributed by atoms with E-state index < -0.39 is 5.97 Å². The number of anilines is 1. The molecule has 0 saturated heterocycles. The monoisotopic (exact) mass is 169 g/mol. The Bertz CT molecular complexity index is 313. The predicted molar refractivity (Wildman–Crippen MR) is 40.0 cm³/mol. The van der Waals surface area contributed by atoms with E-state index in [0.717, 1.165) is 0 Å². The Hall–Kier alpha value is -1.85. The molecule has 0 radical (unpaired) electrons. The summed E-state index contributed by atoms with van der Waals surface area (Å²) in [6.07, 6.45) is 1.19. The summed E-state index contributed by atoms with van der Waals surface area (Å²) in [6, 6.07) is 0. The number of nitrogens with zero attached hydrogens (tertiary/aromatic N) is 2. The fourth-order valence-corrected chi connectivity index (χ4v) is 0.650. The number of nitrogen functional groups attached to an aromatic ring is 1. The van der Waals surface area contributed by atoms with Crippen LogP contribution in [0.3, 0.4) is 0 Å². The zero-order valence-corrected chi connectivity index (χ0v) is 6.31. The summed E-state index contributed by atoms with van der Waals surface area (Å²) < 4.78 is 4.68. The molecule has 6 nitrogen and oxygen atoms in total. The minimum atomic E-state index is -1.21. The number of carboxylic acid groups (broad SMARTS) is 1. The van der Waals surface area contributed by atoms with Gasteiger partial charge in [0.2, 0.25) is 5.88 Å². The Morgan fingerprint density at radius 2 is 2.42 bits per heavy atom. The van der Waals surface area contributed by atoms with Crippen LogP contribution in [-0.2, 0) is 0 Å². The SMILES string of the molecule is COc1cnc(C(=O)O)c(N)n1. The molecular formula is C6H7N3O3. The fraction of sp³-hybridized carbons (Fsp3) is 0.167. The first-order valence-electron chi connectivity index (χ1n) is 3.05. The average molecular weight is 169 g/mol. The Balaban J connectivity index is 3.12. The third-order valence-electron chi connectivity index (χ3n) is 1.19. The van der Waals surface area contributed by atoms with Crippen molar-refractivity contribution in [3.05, 3.63) is 11.9 Å². The first-order chi connectivity index (χ1) is 5.65. The molecule has 0 bridgehead atoms. The molecule has 0 spiro atoms. The largest absolute Gasteiger partial charge is 0.480 e. The number of carbonyl (C=O) groups is 1. The van der Waals surface area contributed by atoms with Gasteiger partial charge in [0.25, 0.3) is 0 Å². The van der Waals surface area contributed by atoms with Crippen molar-refractivity contribution in [2.24, 2.45) is 0 Å². The molecule has 0 fully saturated rings. The predicted octanol–water partition coefficient (Wildman–Crippen LogP) is -0.234. The van der Waals surface area contributed by atoms with Crippen LogP contribution in [0.5, 0.6) is 5.88 Å². The quantitative estimate of drug-likeness (QED) is 0.634. The molecule has 0 unspecified atom stereocenters. The molecule has 1 rings (SSSR count). The van der Waals surface area contributed by atoms with E-state index in [1.807, 2.05) is 0 Å². The van der Waals surface area contributed by atoms with Gasteiger partial charge in [-0.3, -0.25) is 0 Å². The average Bonchev–Trinajstić information content (AvgIpc) is 2.03. The van der Waals surface area contributed by atoms with E-state index in [9.17, 15) is 4.79 Å². The molecule has 0 amide bonds. The highest BCUT2D eigenvalue weighted by atomic mass is 16.5. The smallest absolute Gasteiger partial charge is 0.358 e. The second kappa shape index (κ2) is 3.04. The Labute approximate surface area is 68.0 Å². The normalized spacial score (nSPS) is 9.42. The molecule has 0 atom stereocenters. The number of aromatic nitrogens is 2. The molecule has 0 aliphatic heterocycles. The maximum absolute atomic E-state index is 10.4. The van der Waals surface area contributed by atoms with Crippen LogP contribution in [0.4, 0.5) is 5.82 Å². The van der Waals surface area contributed by atoms with E-state index >= 15 is 0 Å². The summed E-state index contributed by atoms with van der Waals surface area (Å²) in [5, 5.41) is 8.51. The molecule has 0 aliphatic carbocycles. The summed E-state index contributed by atoms with van der Waals surface area (Å²) in [6.45, 7) is 0. The van der Waals surface area contributed by atoms with Crippen LogP contribution in [0.2, 0.25) is 0 Å². The van der Waals surface area contributed by atoms with Crippen LogP contribution in [0.1, 0.15) is 10.5 Å². The molecule has 6 heteroatoms. The highest BCUT2D eigenvalue weighted by Crippen LogP contribution is 2.10. The lowest BCUT2D eigenvalue weighted by Gasteiger charge is -2.00. The van der Waals surface area contributed by atoms with Crippen molar-refractivity contribution < 1.29 is 14.6 Å². The molecule has 1 aromatic heterocycles. The number of hydrogen-bond donors (Lipinski definition) is 2. The minimum absolute atomic E-state index is 0.151. The zero-order chi connectivity index (χ0) is 9.14. The van der Waals surface area contributed by atoms with Gasteiger partial charge in [-0.25, -0.2) is 9.78 Å². The van der Waals surface area contributed by atoms with Crippen molar-refractivity contribution >= 4 is 11.8 Å². The number of carboxylic acids is 1. The second-order valence-corrected chi connectivity index (χ2v) is 1.95. The highest BCUT2D eigenvalue weighted by Gasteiger charge is 2.11. The van der Waals surface area contributed by atoms with Crippen molar-refractivity contribution in [3.63, 3.8) is 0 Å². The second-order valence-electron chi connectivity index (χ2n) is 1.95. The van der Waals surface area contributed by atoms with Gasteiger partial charge in [0.15, 0.2) is 11.5 Å². The summed E-state index contributed by atoms with van der Waals surface area (Å²) in [4.78, 5) is 17.6. The third-order valence-corrected chi connectivity index (χ3v) is 1.19. The molecule has 3 N–H and O–H groups in total. The maximum atomic E-state index is 10.4. The van der Waals surface area contributed by atoms with Crippen LogP contribution in [0.25, 0.3) is 0 Å². The van der Waals surface area contributed by atoms with E-state index in [1.165, 1.54) is 13.3 Å². The first-order valence-corrected chi connectivity index (χ1v) is 3.05. The molecule has 0 aliphatic rings. The van der Waals surface area contributed by atoms with Gasteiger partial charge in [0.1, 0.15) is 0 Å².